The van der Waals surface area contributed by atoms with Gasteiger partial charge in [0.15, 0.2) is 0 Å². The van der Waals surface area contributed by atoms with Crippen molar-refractivity contribution in [1.29, 1.82) is 0 Å². The maximum Gasteiger partial charge on any atom is 0.309 e. The van der Waals surface area contributed by atoms with E-state index in [1.54, 1.807) is 0 Å². The van der Waals surface area contributed by atoms with Gasteiger partial charge in [-0.15, -0.1) is 0 Å². The van der Waals surface area contributed by atoms with Gasteiger partial charge < -0.3 is 14.9 Å². The summed E-state index contributed by atoms with van der Waals surface area (Å²) < 4.78 is 32.3. The normalized spacial score (nSPS) is 22.9. The van der Waals surface area contributed by atoms with Crippen LogP contribution in [0.1, 0.15) is 55.5 Å². The van der Waals surface area contributed by atoms with E-state index in [0.717, 1.165) is 50.8 Å². The summed E-state index contributed by atoms with van der Waals surface area (Å²) in [4.78, 5) is 26.9. The van der Waals surface area contributed by atoms with Crippen LogP contribution in [0.3, 0.4) is 0 Å². The molecule has 2 N–H and O–H groups in total. The molecule has 0 radical (unpaired) electrons. The first-order valence-corrected chi connectivity index (χ1v) is 10.7. The van der Waals surface area contributed by atoms with E-state index in [-0.39, 0.29) is 23.1 Å². The number of hydrogen-bond donors (Lipinski definition) is 2. The standard InChI is InChI=1S/C22H25F2N3O4/c23-13-8-9-15(17(24)11-13)18-12-19(31-26-18)21(28)25-20-16(22(29)30)7-4-10-27(20)14-5-2-1-3-6-14/h8-9,11-12,14,16,20H,1-7,10H2,(H,25,28)(H,29,30). The summed E-state index contributed by atoms with van der Waals surface area (Å²) in [5, 5.41) is 16.3. The molecule has 2 heterocycles. The Bertz CT molecular complexity index is 958. The highest BCUT2D eigenvalue weighted by molar-refractivity contribution is 5.93. The summed E-state index contributed by atoms with van der Waals surface area (Å²) in [5.41, 5.74) is 0.0688. The number of benzene rings is 1. The third kappa shape index (κ3) is 4.61. The number of carbonyl (C=O) groups is 2. The topological polar surface area (TPSA) is 95.7 Å². The second-order valence-electron chi connectivity index (χ2n) is 8.24. The van der Waals surface area contributed by atoms with Crippen molar-refractivity contribution in [3.05, 3.63) is 41.7 Å². The maximum absolute atomic E-state index is 14.0. The zero-order valence-electron chi connectivity index (χ0n) is 17.0. The largest absolute Gasteiger partial charge is 0.481 e. The molecule has 166 valence electrons. The van der Waals surface area contributed by atoms with Crippen molar-refractivity contribution in [2.24, 2.45) is 5.92 Å². The molecule has 9 heteroatoms. The van der Waals surface area contributed by atoms with Crippen molar-refractivity contribution in [3.8, 4) is 11.3 Å². The number of aromatic nitrogens is 1. The van der Waals surface area contributed by atoms with Gasteiger partial charge in [0.2, 0.25) is 5.76 Å². The minimum absolute atomic E-state index is 0.00844. The fourth-order valence-electron chi connectivity index (χ4n) is 4.70. The summed E-state index contributed by atoms with van der Waals surface area (Å²) in [5.74, 6) is -3.98. The third-order valence-electron chi connectivity index (χ3n) is 6.25. The molecule has 1 saturated carbocycles. The van der Waals surface area contributed by atoms with Gasteiger partial charge in [-0.05, 0) is 37.8 Å². The predicted molar refractivity (Wildman–Crippen MR) is 107 cm³/mol. The molecule has 1 aromatic carbocycles. The number of likely N-dealkylation sites (tertiary alicyclic amines) is 1. The van der Waals surface area contributed by atoms with Crippen LogP contribution in [-0.4, -0.2) is 45.8 Å². The number of carbonyl (C=O) groups excluding carboxylic acids is 1. The van der Waals surface area contributed by atoms with E-state index >= 15 is 0 Å². The smallest absolute Gasteiger partial charge is 0.309 e. The van der Waals surface area contributed by atoms with Gasteiger partial charge in [-0.25, -0.2) is 8.78 Å². The molecule has 31 heavy (non-hydrogen) atoms. The van der Waals surface area contributed by atoms with Crippen LogP contribution in [0, 0.1) is 17.6 Å². The summed E-state index contributed by atoms with van der Waals surface area (Å²) in [6.07, 6.45) is 5.90. The van der Waals surface area contributed by atoms with Crippen LogP contribution in [0.15, 0.2) is 28.8 Å². The summed E-state index contributed by atoms with van der Waals surface area (Å²) in [6, 6.07) is 4.55. The number of rotatable bonds is 5. The highest BCUT2D eigenvalue weighted by atomic mass is 19.1. The molecule has 0 bridgehead atoms. The summed E-state index contributed by atoms with van der Waals surface area (Å²) in [7, 11) is 0. The van der Waals surface area contributed by atoms with Gasteiger partial charge in [0.25, 0.3) is 5.91 Å². The highest BCUT2D eigenvalue weighted by Gasteiger charge is 2.40. The van der Waals surface area contributed by atoms with Crippen molar-refractivity contribution in [2.75, 3.05) is 6.54 Å². The molecule has 1 saturated heterocycles. The Balaban J connectivity index is 1.54. The number of carboxylic acid groups (broad SMARTS) is 1. The van der Waals surface area contributed by atoms with Crippen LogP contribution < -0.4 is 5.32 Å². The molecule has 7 nitrogen and oxygen atoms in total. The number of amides is 1. The molecular formula is C22H25F2N3O4. The van der Waals surface area contributed by atoms with Crippen LogP contribution in [0.2, 0.25) is 0 Å². The van der Waals surface area contributed by atoms with E-state index in [2.05, 4.69) is 15.4 Å². The molecule has 0 spiro atoms. The average Bonchev–Trinajstić information content (AvgIpc) is 3.24. The van der Waals surface area contributed by atoms with Gasteiger partial charge in [-0.1, -0.05) is 24.4 Å². The Morgan fingerprint density at radius 3 is 2.58 bits per heavy atom. The fourth-order valence-corrected chi connectivity index (χ4v) is 4.70. The lowest BCUT2D eigenvalue weighted by atomic mass is 9.88. The molecule has 2 unspecified atom stereocenters. The van der Waals surface area contributed by atoms with Crippen molar-refractivity contribution in [3.63, 3.8) is 0 Å². The molecule has 1 amide bonds. The molecule has 4 rings (SSSR count). The molecule has 2 aliphatic rings. The van der Waals surface area contributed by atoms with Crippen molar-refractivity contribution in [2.45, 2.75) is 57.2 Å². The monoisotopic (exact) mass is 433 g/mol. The van der Waals surface area contributed by atoms with Gasteiger partial charge >= 0.3 is 5.97 Å². The maximum atomic E-state index is 14.0. The van der Waals surface area contributed by atoms with Crippen molar-refractivity contribution < 1.29 is 28.0 Å². The number of hydrogen-bond acceptors (Lipinski definition) is 5. The zero-order valence-corrected chi connectivity index (χ0v) is 17.0. The van der Waals surface area contributed by atoms with E-state index in [9.17, 15) is 23.5 Å². The Hall–Kier alpha value is -2.81. The van der Waals surface area contributed by atoms with Crippen LogP contribution >= 0.6 is 0 Å². The van der Waals surface area contributed by atoms with Gasteiger partial charge in [0.05, 0.1) is 12.1 Å². The number of nitrogens with one attached hydrogen (secondary N) is 1. The summed E-state index contributed by atoms with van der Waals surface area (Å²) in [6.45, 7) is 0.724. The fraction of sp³-hybridized carbons (Fsp3) is 0.500. The molecule has 1 aromatic heterocycles. The lowest BCUT2D eigenvalue weighted by molar-refractivity contribution is -0.147. The molecule has 2 atom stereocenters. The average molecular weight is 433 g/mol. The molecule has 1 aliphatic heterocycles. The van der Waals surface area contributed by atoms with E-state index in [1.807, 2.05) is 0 Å². The van der Waals surface area contributed by atoms with E-state index < -0.39 is 35.6 Å². The number of halogens is 2. The number of carboxylic acids is 1. The Labute approximate surface area is 178 Å². The van der Waals surface area contributed by atoms with Crippen LogP contribution in [0.25, 0.3) is 11.3 Å². The molecular weight excluding hydrogens is 408 g/mol. The van der Waals surface area contributed by atoms with Crippen molar-refractivity contribution in [1.82, 2.24) is 15.4 Å². The minimum atomic E-state index is -0.947. The van der Waals surface area contributed by atoms with Crippen LogP contribution in [0.5, 0.6) is 0 Å². The van der Waals surface area contributed by atoms with Gasteiger partial charge in [-0.3, -0.25) is 14.5 Å². The lowest BCUT2D eigenvalue weighted by Gasteiger charge is -2.45. The Morgan fingerprint density at radius 1 is 1.10 bits per heavy atom. The minimum Gasteiger partial charge on any atom is -0.481 e. The van der Waals surface area contributed by atoms with E-state index in [1.165, 1.54) is 18.6 Å². The first kappa shape index (κ1) is 21.4. The van der Waals surface area contributed by atoms with Crippen molar-refractivity contribution >= 4 is 11.9 Å². The zero-order chi connectivity index (χ0) is 22.0. The third-order valence-corrected chi connectivity index (χ3v) is 6.25. The van der Waals surface area contributed by atoms with Crippen LogP contribution in [0.4, 0.5) is 8.78 Å². The van der Waals surface area contributed by atoms with E-state index in [0.29, 0.717) is 6.42 Å². The Morgan fingerprint density at radius 2 is 1.87 bits per heavy atom. The highest BCUT2D eigenvalue weighted by Crippen LogP contribution is 2.31. The molecule has 1 aliphatic carbocycles. The predicted octanol–water partition coefficient (Wildman–Crippen LogP) is 3.81. The number of piperidine rings is 1. The van der Waals surface area contributed by atoms with Gasteiger partial charge in [0.1, 0.15) is 17.3 Å². The SMILES string of the molecule is O=C(NC1C(C(=O)O)CCCN1C1CCCCC1)c1cc(-c2ccc(F)cc2F)no1. The van der Waals surface area contributed by atoms with Crippen LogP contribution in [-0.2, 0) is 4.79 Å². The molecule has 2 aromatic rings. The number of aliphatic carboxylic acids is 1. The number of nitrogens with zero attached hydrogens (tertiary/aromatic N) is 2. The Kier molecular flexibility index (Phi) is 6.31. The van der Waals surface area contributed by atoms with Gasteiger partial charge in [0, 0.05) is 30.3 Å². The quantitative estimate of drug-likeness (QED) is 0.745. The van der Waals surface area contributed by atoms with Gasteiger partial charge in [-0.2, -0.15) is 0 Å². The lowest BCUT2D eigenvalue weighted by Crippen LogP contribution is -2.60. The summed E-state index contributed by atoms with van der Waals surface area (Å²) >= 11 is 0. The molecule has 2 fully saturated rings. The second kappa shape index (κ2) is 9.13. The first-order chi connectivity index (χ1) is 14.9. The second-order valence-corrected chi connectivity index (χ2v) is 8.24. The van der Waals surface area contributed by atoms with E-state index in [4.69, 9.17) is 4.52 Å². The first-order valence-electron chi connectivity index (χ1n) is 10.7.